The van der Waals surface area contributed by atoms with Crippen molar-refractivity contribution < 1.29 is 27.6 Å². The topological polar surface area (TPSA) is 79.5 Å². The summed E-state index contributed by atoms with van der Waals surface area (Å²) in [6, 6.07) is 1.37. The minimum absolute atomic E-state index is 0.0218. The lowest BCUT2D eigenvalue weighted by atomic mass is 10.2. The maximum absolute atomic E-state index is 12.5. The Hall–Kier alpha value is -2.16. The number of amides is 1. The largest absolute Gasteiger partial charge is 0.406 e. The molecule has 21 heavy (non-hydrogen) atoms. The van der Waals surface area contributed by atoms with E-state index >= 15 is 0 Å². The fourth-order valence-corrected chi connectivity index (χ4v) is 1.83. The Morgan fingerprint density at radius 3 is 2.81 bits per heavy atom. The summed E-state index contributed by atoms with van der Waals surface area (Å²) in [5.41, 5.74) is 0.664. The summed E-state index contributed by atoms with van der Waals surface area (Å²) in [6.45, 7) is -0.793. The fourth-order valence-electron chi connectivity index (χ4n) is 1.83. The van der Waals surface area contributed by atoms with Crippen molar-refractivity contribution in [3.63, 3.8) is 0 Å². The lowest BCUT2D eigenvalue weighted by Gasteiger charge is -2.22. The van der Waals surface area contributed by atoms with Crippen molar-refractivity contribution in [1.29, 1.82) is 0 Å². The molecule has 2 rings (SSSR count). The highest BCUT2D eigenvalue weighted by molar-refractivity contribution is 5.97. The summed E-state index contributed by atoms with van der Waals surface area (Å²) in [6.07, 6.45) is -3.43. The summed E-state index contributed by atoms with van der Waals surface area (Å²) in [4.78, 5) is 16.5. The zero-order valence-electron chi connectivity index (χ0n) is 11.0. The van der Waals surface area contributed by atoms with E-state index < -0.39 is 31.8 Å². The molecule has 9 heteroatoms. The fraction of sp³-hybridized carbons (Fsp3) is 0.417. The van der Waals surface area contributed by atoms with Gasteiger partial charge < -0.3 is 14.5 Å². The Morgan fingerprint density at radius 1 is 1.48 bits per heavy atom. The molecule has 2 heterocycles. The predicted octanol–water partition coefficient (Wildman–Crippen LogP) is 1.53. The van der Waals surface area contributed by atoms with Crippen LogP contribution in [0.15, 0.2) is 16.8 Å². The summed E-state index contributed by atoms with van der Waals surface area (Å²) in [7, 11) is 0. The molecule has 0 saturated carbocycles. The quantitative estimate of drug-likeness (QED) is 0.926. The van der Waals surface area contributed by atoms with Crippen LogP contribution >= 0.6 is 0 Å². The number of aryl methyl sites for hydroxylation is 1. The number of aliphatic hydroxyl groups excluding tert-OH is 1. The number of alkyl halides is 3. The molecule has 1 N–H and O–H groups in total. The average Bonchev–Trinajstić information content (AvgIpc) is 2.77. The molecule has 0 bridgehead atoms. The molecule has 0 spiro atoms. The summed E-state index contributed by atoms with van der Waals surface area (Å²) in [5.74, 6) is -0.864. The number of pyridine rings is 1. The molecular formula is C12H12F3N3O3. The average molecular weight is 303 g/mol. The second-order valence-corrected chi connectivity index (χ2v) is 4.41. The molecule has 0 unspecified atom stereocenters. The van der Waals surface area contributed by atoms with Gasteiger partial charge in [-0.15, -0.1) is 0 Å². The van der Waals surface area contributed by atoms with Gasteiger partial charge >= 0.3 is 6.18 Å². The van der Waals surface area contributed by atoms with Gasteiger partial charge in [0.05, 0.1) is 23.3 Å². The minimum Gasteiger partial charge on any atom is -0.395 e. The Morgan fingerprint density at radius 2 is 2.19 bits per heavy atom. The summed E-state index contributed by atoms with van der Waals surface area (Å²) in [5, 5.41) is 12.9. The van der Waals surface area contributed by atoms with Gasteiger partial charge in [-0.25, -0.2) is 4.98 Å². The molecule has 0 atom stereocenters. The van der Waals surface area contributed by atoms with Gasteiger partial charge in [-0.05, 0) is 13.0 Å². The van der Waals surface area contributed by atoms with E-state index in [2.05, 4.69) is 10.1 Å². The van der Waals surface area contributed by atoms with Gasteiger partial charge in [0.25, 0.3) is 11.6 Å². The number of carbonyl (C=O) groups excluding carboxylic acids is 1. The molecule has 0 saturated heterocycles. The molecule has 2 aromatic rings. The first-order valence-corrected chi connectivity index (χ1v) is 6.01. The molecule has 0 aliphatic carbocycles. The zero-order chi connectivity index (χ0) is 15.6. The number of hydrogen-bond acceptors (Lipinski definition) is 5. The third kappa shape index (κ3) is 3.48. The molecule has 2 aromatic heterocycles. The first-order chi connectivity index (χ1) is 9.81. The van der Waals surface area contributed by atoms with Crippen LogP contribution in [0.5, 0.6) is 0 Å². The van der Waals surface area contributed by atoms with E-state index in [9.17, 15) is 18.0 Å². The maximum atomic E-state index is 12.5. The minimum atomic E-state index is -4.55. The molecule has 0 radical (unpaired) electrons. The maximum Gasteiger partial charge on any atom is 0.406 e. The lowest BCUT2D eigenvalue weighted by Crippen LogP contribution is -2.40. The van der Waals surface area contributed by atoms with Crippen molar-refractivity contribution >= 4 is 17.0 Å². The SMILES string of the molecule is Cc1noc2ncc(C(=O)N(CCO)CC(F)(F)F)cc12. The highest BCUT2D eigenvalue weighted by atomic mass is 19.4. The van der Waals surface area contributed by atoms with Crippen molar-refractivity contribution in [2.75, 3.05) is 19.7 Å². The lowest BCUT2D eigenvalue weighted by molar-refractivity contribution is -0.141. The van der Waals surface area contributed by atoms with Crippen molar-refractivity contribution in [3.8, 4) is 0 Å². The van der Waals surface area contributed by atoms with Crippen molar-refractivity contribution in [1.82, 2.24) is 15.0 Å². The molecule has 114 valence electrons. The molecule has 0 fully saturated rings. The van der Waals surface area contributed by atoms with Crippen LogP contribution in [0.25, 0.3) is 11.1 Å². The third-order valence-electron chi connectivity index (χ3n) is 2.78. The number of halogens is 3. The van der Waals surface area contributed by atoms with Gasteiger partial charge in [0, 0.05) is 12.7 Å². The highest BCUT2D eigenvalue weighted by Gasteiger charge is 2.33. The monoisotopic (exact) mass is 303 g/mol. The van der Waals surface area contributed by atoms with Crippen LogP contribution in [-0.2, 0) is 0 Å². The summed E-state index contributed by atoms with van der Waals surface area (Å²) < 4.78 is 42.2. The third-order valence-corrected chi connectivity index (χ3v) is 2.78. The van der Waals surface area contributed by atoms with E-state index in [4.69, 9.17) is 9.63 Å². The Labute approximate surface area is 117 Å². The predicted molar refractivity (Wildman–Crippen MR) is 65.6 cm³/mol. The van der Waals surface area contributed by atoms with Gasteiger partial charge in [-0.1, -0.05) is 5.16 Å². The number of aromatic nitrogens is 2. The number of nitrogens with zero attached hydrogens (tertiary/aromatic N) is 3. The normalized spacial score (nSPS) is 11.9. The molecular weight excluding hydrogens is 291 g/mol. The Bertz CT molecular complexity index is 654. The highest BCUT2D eigenvalue weighted by Crippen LogP contribution is 2.20. The first kappa shape index (κ1) is 15.2. The van der Waals surface area contributed by atoms with E-state index in [-0.39, 0.29) is 11.3 Å². The van der Waals surface area contributed by atoms with Crippen LogP contribution in [0.3, 0.4) is 0 Å². The van der Waals surface area contributed by atoms with E-state index in [0.29, 0.717) is 16.0 Å². The van der Waals surface area contributed by atoms with E-state index in [1.165, 1.54) is 6.07 Å². The van der Waals surface area contributed by atoms with Gasteiger partial charge in [-0.3, -0.25) is 4.79 Å². The number of hydrogen-bond donors (Lipinski definition) is 1. The van der Waals surface area contributed by atoms with Gasteiger partial charge in [0.15, 0.2) is 0 Å². The second-order valence-electron chi connectivity index (χ2n) is 4.41. The van der Waals surface area contributed by atoms with E-state index in [1.807, 2.05) is 0 Å². The molecule has 0 aromatic carbocycles. The standard InChI is InChI=1S/C12H12F3N3O3/c1-7-9-4-8(5-16-10(9)21-17-7)11(20)18(2-3-19)6-12(13,14)15/h4-5,19H,2-3,6H2,1H3. The van der Waals surface area contributed by atoms with E-state index in [1.54, 1.807) is 6.92 Å². The van der Waals surface area contributed by atoms with Crippen molar-refractivity contribution in [2.24, 2.45) is 0 Å². The van der Waals surface area contributed by atoms with Crippen molar-refractivity contribution in [3.05, 3.63) is 23.5 Å². The van der Waals surface area contributed by atoms with Crippen molar-refractivity contribution in [2.45, 2.75) is 13.1 Å². The number of fused-ring (bicyclic) bond motifs is 1. The summed E-state index contributed by atoms with van der Waals surface area (Å²) >= 11 is 0. The first-order valence-electron chi connectivity index (χ1n) is 6.01. The smallest absolute Gasteiger partial charge is 0.395 e. The van der Waals surface area contributed by atoms with Crippen LogP contribution in [0.1, 0.15) is 16.1 Å². The van der Waals surface area contributed by atoms with Crippen LogP contribution in [0.4, 0.5) is 13.2 Å². The van der Waals surface area contributed by atoms with Gasteiger partial charge in [0.1, 0.15) is 6.54 Å². The zero-order valence-corrected chi connectivity index (χ0v) is 11.0. The second kappa shape index (κ2) is 5.68. The molecule has 6 nitrogen and oxygen atoms in total. The number of rotatable bonds is 4. The van der Waals surface area contributed by atoms with Crippen LogP contribution in [0.2, 0.25) is 0 Å². The Balaban J connectivity index is 2.31. The molecule has 1 amide bonds. The van der Waals surface area contributed by atoms with Gasteiger partial charge in [0.2, 0.25) is 0 Å². The van der Waals surface area contributed by atoms with Crippen LogP contribution < -0.4 is 0 Å². The molecule has 0 aliphatic heterocycles. The Kier molecular flexibility index (Phi) is 4.12. The van der Waals surface area contributed by atoms with E-state index in [0.717, 1.165) is 6.20 Å². The molecule has 0 aliphatic rings. The van der Waals surface area contributed by atoms with Gasteiger partial charge in [-0.2, -0.15) is 13.2 Å². The van der Waals surface area contributed by atoms with Crippen LogP contribution in [-0.4, -0.2) is 51.9 Å². The van der Waals surface area contributed by atoms with Crippen LogP contribution in [0, 0.1) is 6.92 Å². The number of carbonyl (C=O) groups is 1. The number of aliphatic hydroxyl groups is 1.